The number of halogens is 1. The Labute approximate surface area is 215 Å². The number of thiophene rings is 1. The topological polar surface area (TPSA) is 61.9 Å². The van der Waals surface area contributed by atoms with Crippen LogP contribution in [0.5, 0.6) is 11.5 Å². The van der Waals surface area contributed by atoms with E-state index in [-0.39, 0.29) is 23.7 Å². The van der Waals surface area contributed by atoms with Crippen molar-refractivity contribution >= 4 is 40.4 Å². The van der Waals surface area contributed by atoms with Gasteiger partial charge in [-0.2, -0.15) is 0 Å². The summed E-state index contributed by atoms with van der Waals surface area (Å²) in [6.45, 7) is 6.21. The molecule has 0 aliphatic carbocycles. The second-order valence-electron chi connectivity index (χ2n) is 8.81. The van der Waals surface area contributed by atoms with Crippen molar-refractivity contribution in [1.82, 2.24) is 10.2 Å². The van der Waals surface area contributed by atoms with E-state index in [0.717, 1.165) is 17.2 Å². The molecule has 0 spiro atoms. The third-order valence-electron chi connectivity index (χ3n) is 6.10. The molecule has 1 aromatic heterocycles. The molecule has 0 saturated carbocycles. The quantitative estimate of drug-likeness (QED) is 0.416. The van der Waals surface area contributed by atoms with Gasteiger partial charge in [-0.05, 0) is 53.8 Å². The number of rotatable bonds is 8. The van der Waals surface area contributed by atoms with Gasteiger partial charge < -0.3 is 15.0 Å². The first-order valence-corrected chi connectivity index (χ1v) is 13.2. The molecule has 35 heavy (non-hydrogen) atoms. The smallest absolute Gasteiger partial charge is 0.251 e. The average molecular weight is 512 g/mol. The van der Waals surface area contributed by atoms with Crippen molar-refractivity contribution in [1.29, 1.82) is 0 Å². The second-order valence-corrected chi connectivity index (χ2v) is 10.1. The summed E-state index contributed by atoms with van der Waals surface area (Å²) in [7, 11) is 0. The van der Waals surface area contributed by atoms with Crippen molar-refractivity contribution in [2.45, 2.75) is 25.9 Å². The predicted molar refractivity (Wildman–Crippen MR) is 141 cm³/mol. The summed E-state index contributed by atoms with van der Waals surface area (Å²) in [6, 6.07) is 19.9. The summed E-state index contributed by atoms with van der Waals surface area (Å²) in [6.07, 6.45) is 0. The van der Waals surface area contributed by atoms with Crippen molar-refractivity contribution in [2.24, 2.45) is 5.92 Å². The molecule has 8 heteroatoms. The van der Waals surface area contributed by atoms with E-state index in [1.807, 2.05) is 52.7 Å². The maximum atomic E-state index is 14.0. The first kappa shape index (κ1) is 25.2. The van der Waals surface area contributed by atoms with E-state index in [9.17, 15) is 9.59 Å². The lowest BCUT2D eigenvalue weighted by molar-refractivity contribution is -0.135. The van der Waals surface area contributed by atoms with Gasteiger partial charge in [-0.1, -0.05) is 38.1 Å². The normalized spacial score (nSPS) is 16.7. The fourth-order valence-electron chi connectivity index (χ4n) is 4.20. The van der Waals surface area contributed by atoms with Gasteiger partial charge >= 0.3 is 0 Å². The number of para-hydroxylation sites is 1. The minimum absolute atomic E-state index is 0.0947. The number of nitrogens with zero attached hydrogens (tertiary/aromatic N) is 2. The Bertz CT molecular complexity index is 1110. The molecule has 1 fully saturated rings. The van der Waals surface area contributed by atoms with Crippen LogP contribution in [0.15, 0.2) is 72.1 Å². The summed E-state index contributed by atoms with van der Waals surface area (Å²) in [5.41, 5.74) is 0.596. The van der Waals surface area contributed by atoms with Crippen LogP contribution in [0.3, 0.4) is 0 Å². The Balaban J connectivity index is 1.65. The van der Waals surface area contributed by atoms with Crippen LogP contribution in [0.2, 0.25) is 0 Å². The maximum absolute atomic E-state index is 14.0. The van der Waals surface area contributed by atoms with Crippen LogP contribution < -0.4 is 15.0 Å². The summed E-state index contributed by atoms with van der Waals surface area (Å²) < 4.78 is 5.90. The molecule has 1 aliphatic rings. The maximum Gasteiger partial charge on any atom is 0.251 e. The molecule has 4 rings (SSSR count). The SMILES string of the molecule is CC(C)C1CN(C(=O)C(c2cccs2)N(C(=O)CCl)c2ccc(Oc3ccccc3)cc2)CCN1. The van der Waals surface area contributed by atoms with Crippen molar-refractivity contribution < 1.29 is 14.3 Å². The lowest BCUT2D eigenvalue weighted by Crippen LogP contribution is -2.57. The van der Waals surface area contributed by atoms with Gasteiger partial charge in [0.1, 0.15) is 23.4 Å². The monoisotopic (exact) mass is 511 g/mol. The molecule has 0 radical (unpaired) electrons. The summed E-state index contributed by atoms with van der Waals surface area (Å²) in [5.74, 6) is 1.10. The van der Waals surface area contributed by atoms with E-state index < -0.39 is 6.04 Å². The van der Waals surface area contributed by atoms with Crippen molar-refractivity contribution in [3.8, 4) is 11.5 Å². The third kappa shape index (κ3) is 6.04. The fourth-order valence-corrected chi connectivity index (χ4v) is 5.14. The van der Waals surface area contributed by atoms with E-state index in [4.69, 9.17) is 16.3 Å². The Hall–Kier alpha value is -2.87. The van der Waals surface area contributed by atoms with E-state index in [0.29, 0.717) is 30.4 Å². The van der Waals surface area contributed by atoms with Crippen LogP contribution in [0.25, 0.3) is 0 Å². The van der Waals surface area contributed by atoms with E-state index in [1.54, 1.807) is 24.3 Å². The number of alkyl halides is 1. The van der Waals surface area contributed by atoms with Crippen molar-refractivity contribution in [3.05, 3.63) is 77.0 Å². The van der Waals surface area contributed by atoms with Gasteiger partial charge in [0.05, 0.1) is 0 Å². The molecule has 0 bridgehead atoms. The highest BCUT2D eigenvalue weighted by molar-refractivity contribution is 7.10. The predicted octanol–water partition coefficient (Wildman–Crippen LogP) is 5.31. The van der Waals surface area contributed by atoms with Gasteiger partial charge in [-0.15, -0.1) is 22.9 Å². The Morgan fingerprint density at radius 3 is 2.43 bits per heavy atom. The van der Waals surface area contributed by atoms with E-state index in [2.05, 4.69) is 19.2 Å². The Kier molecular flexibility index (Phi) is 8.44. The number of nitrogens with one attached hydrogen (secondary N) is 1. The molecule has 3 aromatic rings. The van der Waals surface area contributed by atoms with Gasteiger partial charge in [0.25, 0.3) is 5.91 Å². The number of hydrogen-bond donors (Lipinski definition) is 1. The van der Waals surface area contributed by atoms with Gasteiger partial charge in [0.2, 0.25) is 5.91 Å². The molecule has 184 valence electrons. The largest absolute Gasteiger partial charge is 0.457 e. The van der Waals surface area contributed by atoms with Gasteiger partial charge in [0, 0.05) is 36.2 Å². The Morgan fingerprint density at radius 2 is 1.80 bits per heavy atom. The number of piperazine rings is 1. The molecule has 1 saturated heterocycles. The van der Waals surface area contributed by atoms with Crippen LogP contribution >= 0.6 is 22.9 Å². The van der Waals surface area contributed by atoms with Gasteiger partial charge in [-0.25, -0.2) is 0 Å². The van der Waals surface area contributed by atoms with Crippen molar-refractivity contribution in [3.63, 3.8) is 0 Å². The lowest BCUT2D eigenvalue weighted by Gasteiger charge is -2.39. The Morgan fingerprint density at radius 1 is 1.09 bits per heavy atom. The standard InChI is InChI=1S/C27H30ClN3O3S/c1-19(2)23-18-30(15-14-29-23)27(33)26(24-9-6-16-35-24)31(25(32)17-28)20-10-12-22(13-11-20)34-21-7-4-3-5-8-21/h3-13,16,19,23,26,29H,14-15,17-18H2,1-2H3. The number of amides is 2. The molecule has 1 N–H and O–H groups in total. The van der Waals surface area contributed by atoms with Gasteiger partial charge in [0.15, 0.2) is 0 Å². The first-order chi connectivity index (χ1) is 17.0. The minimum atomic E-state index is -0.784. The lowest BCUT2D eigenvalue weighted by atomic mass is 10.0. The molecule has 1 aliphatic heterocycles. The number of hydrogen-bond acceptors (Lipinski definition) is 5. The molecule has 2 heterocycles. The molecule has 2 amide bonds. The molecule has 2 unspecified atom stereocenters. The fraction of sp³-hybridized carbons (Fsp3) is 0.333. The number of anilines is 1. The summed E-state index contributed by atoms with van der Waals surface area (Å²) in [4.78, 5) is 31.3. The number of benzene rings is 2. The van der Waals surface area contributed by atoms with Crippen LogP contribution in [0.1, 0.15) is 24.8 Å². The highest BCUT2D eigenvalue weighted by Gasteiger charge is 2.37. The molecule has 2 atom stereocenters. The zero-order valence-corrected chi connectivity index (χ0v) is 21.5. The third-order valence-corrected chi connectivity index (χ3v) is 7.26. The first-order valence-electron chi connectivity index (χ1n) is 11.7. The second kappa shape index (κ2) is 11.7. The minimum Gasteiger partial charge on any atom is -0.457 e. The van der Waals surface area contributed by atoms with Crippen LogP contribution in [0, 0.1) is 5.92 Å². The van der Waals surface area contributed by atoms with Crippen LogP contribution in [-0.2, 0) is 9.59 Å². The van der Waals surface area contributed by atoms with E-state index in [1.165, 1.54) is 16.2 Å². The van der Waals surface area contributed by atoms with E-state index >= 15 is 0 Å². The van der Waals surface area contributed by atoms with Crippen LogP contribution in [0.4, 0.5) is 5.69 Å². The number of carbonyl (C=O) groups excluding carboxylic acids is 2. The zero-order chi connectivity index (χ0) is 24.8. The van der Waals surface area contributed by atoms with Crippen LogP contribution in [-0.4, -0.2) is 48.3 Å². The van der Waals surface area contributed by atoms with Gasteiger partial charge in [-0.3, -0.25) is 14.5 Å². The number of carbonyl (C=O) groups is 2. The molecule has 2 aromatic carbocycles. The zero-order valence-electron chi connectivity index (χ0n) is 19.9. The van der Waals surface area contributed by atoms with Crippen molar-refractivity contribution in [2.75, 3.05) is 30.4 Å². The highest BCUT2D eigenvalue weighted by atomic mass is 35.5. The number of ether oxygens (including phenoxy) is 1. The summed E-state index contributed by atoms with van der Waals surface area (Å²) in [5, 5.41) is 5.41. The average Bonchev–Trinajstić information content (AvgIpc) is 3.42. The summed E-state index contributed by atoms with van der Waals surface area (Å²) >= 11 is 7.51. The molecular formula is C27H30ClN3O3S. The highest BCUT2D eigenvalue weighted by Crippen LogP contribution is 2.34. The molecular weight excluding hydrogens is 482 g/mol. The molecule has 6 nitrogen and oxygen atoms in total.